The van der Waals surface area contributed by atoms with Crippen LogP contribution >= 0.6 is 11.6 Å². The number of morpholine rings is 1. The van der Waals surface area contributed by atoms with Crippen LogP contribution in [-0.2, 0) is 32.6 Å². The van der Waals surface area contributed by atoms with Crippen LogP contribution in [0.15, 0.2) is 70.0 Å². The van der Waals surface area contributed by atoms with Gasteiger partial charge in [0, 0.05) is 37.7 Å². The minimum absolute atomic E-state index is 0.0587. The van der Waals surface area contributed by atoms with Gasteiger partial charge in [-0.15, -0.1) is 0 Å². The predicted octanol–water partition coefficient (Wildman–Crippen LogP) is 3.93. The monoisotopic (exact) mass is 563 g/mol. The van der Waals surface area contributed by atoms with Crippen LogP contribution < -0.4 is 0 Å². The molecule has 0 bridgehead atoms. The summed E-state index contributed by atoms with van der Waals surface area (Å²) in [6, 6.07) is 15.3. The number of rotatable bonds is 11. The minimum atomic E-state index is -4.00. The van der Waals surface area contributed by atoms with E-state index in [9.17, 15) is 17.6 Å². The van der Waals surface area contributed by atoms with Crippen LogP contribution in [0.3, 0.4) is 0 Å². The number of furan rings is 1. The number of hydrogen-bond acceptors (Lipinski definition) is 6. The van der Waals surface area contributed by atoms with E-state index in [0.717, 1.165) is 0 Å². The zero-order chi connectivity index (χ0) is 27.1. The molecule has 2 heterocycles. The quantitative estimate of drug-likeness (QED) is 0.351. The highest BCUT2D eigenvalue weighted by atomic mass is 35.5. The summed E-state index contributed by atoms with van der Waals surface area (Å²) in [5.74, 6) is 0.490. The van der Waals surface area contributed by atoms with Gasteiger partial charge in [0.1, 0.15) is 17.3 Å². The van der Waals surface area contributed by atoms with Crippen molar-refractivity contribution in [2.75, 3.05) is 45.9 Å². The number of aryl methyl sites for hydroxylation is 1. The lowest BCUT2D eigenvalue weighted by Crippen LogP contribution is -2.47. The first-order valence-corrected chi connectivity index (χ1v) is 14.2. The average molecular weight is 564 g/mol. The molecule has 1 aromatic heterocycles. The van der Waals surface area contributed by atoms with Gasteiger partial charge in [0.15, 0.2) is 0 Å². The molecule has 8 nitrogen and oxygen atoms in total. The molecule has 1 saturated heterocycles. The highest BCUT2D eigenvalue weighted by molar-refractivity contribution is 7.89. The van der Waals surface area contributed by atoms with Crippen LogP contribution in [0, 0.1) is 12.7 Å². The molecule has 0 atom stereocenters. The number of carbonyl (C=O) groups is 1. The zero-order valence-electron chi connectivity index (χ0n) is 21.2. The Morgan fingerprint density at radius 1 is 1.00 bits per heavy atom. The molecule has 0 spiro atoms. The van der Waals surface area contributed by atoms with Crippen LogP contribution in [0.1, 0.15) is 17.1 Å². The maximum atomic E-state index is 13.7. The second kappa shape index (κ2) is 12.9. The fraction of sp³-hybridized carbons (Fsp3) is 0.370. The predicted molar refractivity (Wildman–Crippen MR) is 142 cm³/mol. The summed E-state index contributed by atoms with van der Waals surface area (Å²) in [5.41, 5.74) is 0.712. The maximum absolute atomic E-state index is 13.7. The molecule has 0 radical (unpaired) electrons. The smallest absolute Gasteiger partial charge is 0.243 e. The number of amides is 1. The van der Waals surface area contributed by atoms with E-state index >= 15 is 0 Å². The van der Waals surface area contributed by atoms with Gasteiger partial charge >= 0.3 is 0 Å². The number of nitrogens with zero attached hydrogens (tertiary/aromatic N) is 3. The third-order valence-corrected chi connectivity index (χ3v) is 8.43. The lowest BCUT2D eigenvalue weighted by atomic mass is 10.2. The summed E-state index contributed by atoms with van der Waals surface area (Å²) in [5, 5.41) is 0.416. The molecular weight excluding hydrogens is 533 g/mol. The van der Waals surface area contributed by atoms with Gasteiger partial charge in [-0.05, 0) is 61.0 Å². The van der Waals surface area contributed by atoms with Crippen molar-refractivity contribution >= 4 is 27.5 Å². The van der Waals surface area contributed by atoms with E-state index in [1.807, 2.05) is 6.92 Å². The number of carbonyl (C=O) groups excluding carboxylic acids is 1. The lowest BCUT2D eigenvalue weighted by molar-refractivity contribution is -0.133. The van der Waals surface area contributed by atoms with Crippen LogP contribution in [0.5, 0.6) is 0 Å². The van der Waals surface area contributed by atoms with Gasteiger partial charge in [-0.2, -0.15) is 4.31 Å². The van der Waals surface area contributed by atoms with Crippen molar-refractivity contribution in [3.05, 3.63) is 88.6 Å². The first kappa shape index (κ1) is 28.3. The van der Waals surface area contributed by atoms with E-state index in [1.165, 1.54) is 45.6 Å². The molecule has 0 saturated carbocycles. The second-order valence-corrected chi connectivity index (χ2v) is 11.5. The van der Waals surface area contributed by atoms with Crippen LogP contribution in [0.4, 0.5) is 4.39 Å². The van der Waals surface area contributed by atoms with Gasteiger partial charge in [-0.25, -0.2) is 12.8 Å². The van der Waals surface area contributed by atoms with Crippen LogP contribution in [-0.4, -0.2) is 74.4 Å². The van der Waals surface area contributed by atoms with Gasteiger partial charge in [0.05, 0.1) is 31.2 Å². The van der Waals surface area contributed by atoms with Gasteiger partial charge < -0.3 is 14.1 Å². The highest BCUT2D eigenvalue weighted by Gasteiger charge is 2.29. The van der Waals surface area contributed by atoms with E-state index in [0.29, 0.717) is 55.0 Å². The highest BCUT2D eigenvalue weighted by Crippen LogP contribution is 2.20. The fourth-order valence-corrected chi connectivity index (χ4v) is 5.68. The lowest BCUT2D eigenvalue weighted by Gasteiger charge is -2.31. The van der Waals surface area contributed by atoms with E-state index < -0.39 is 15.9 Å². The van der Waals surface area contributed by atoms with Crippen molar-refractivity contribution < 1.29 is 26.8 Å². The Hall–Kier alpha value is -2.76. The van der Waals surface area contributed by atoms with Gasteiger partial charge in [-0.1, -0.05) is 23.7 Å². The molecule has 0 unspecified atom stereocenters. The van der Waals surface area contributed by atoms with Gasteiger partial charge in [0.25, 0.3) is 0 Å². The molecule has 4 rings (SSSR count). The molecule has 11 heteroatoms. The number of hydrogen-bond donors (Lipinski definition) is 0. The fourth-order valence-electron chi connectivity index (χ4n) is 4.17. The van der Waals surface area contributed by atoms with Crippen molar-refractivity contribution in [1.29, 1.82) is 0 Å². The summed E-state index contributed by atoms with van der Waals surface area (Å²) in [7, 11) is -4.00. The summed E-state index contributed by atoms with van der Waals surface area (Å²) < 4.78 is 53.0. The molecule has 1 aliphatic rings. The number of benzene rings is 2. The zero-order valence-corrected chi connectivity index (χ0v) is 22.8. The minimum Gasteiger partial charge on any atom is -0.464 e. The van der Waals surface area contributed by atoms with E-state index in [1.54, 1.807) is 24.3 Å². The standard InChI is InChI=1S/C27H31ClFN3O5S/c1-21-2-9-25(37-21)19-31(18-22-3-7-24(29)8-4-22)27(33)20-32(13-12-30-14-16-36-17-15-30)38(34,35)26-10-5-23(28)6-11-26/h2-11H,12-20H2,1H3. The SMILES string of the molecule is Cc1ccc(CN(Cc2ccc(F)cc2)C(=O)CN(CCN2CCOCC2)S(=O)(=O)c2ccc(Cl)cc2)o1. The van der Waals surface area contributed by atoms with E-state index in [-0.39, 0.29) is 36.9 Å². The Morgan fingerprint density at radius 2 is 1.68 bits per heavy atom. The molecule has 1 fully saturated rings. The average Bonchev–Trinajstić information content (AvgIpc) is 3.32. The van der Waals surface area contributed by atoms with Crippen LogP contribution in [0.25, 0.3) is 0 Å². The maximum Gasteiger partial charge on any atom is 0.243 e. The Kier molecular flexibility index (Phi) is 9.56. The Balaban J connectivity index is 1.58. The van der Waals surface area contributed by atoms with Gasteiger partial charge in [0.2, 0.25) is 15.9 Å². The largest absolute Gasteiger partial charge is 0.464 e. The number of sulfonamides is 1. The summed E-state index contributed by atoms with van der Waals surface area (Å²) in [6.07, 6.45) is 0. The summed E-state index contributed by atoms with van der Waals surface area (Å²) in [6.45, 7) is 4.87. The van der Waals surface area contributed by atoms with Crippen molar-refractivity contribution in [3.8, 4) is 0 Å². The molecular formula is C27H31ClFN3O5S. The Morgan fingerprint density at radius 3 is 2.32 bits per heavy atom. The molecule has 0 aliphatic carbocycles. The van der Waals surface area contributed by atoms with E-state index in [2.05, 4.69) is 4.90 Å². The topological polar surface area (TPSA) is 83.3 Å². The van der Waals surface area contributed by atoms with Crippen LogP contribution in [0.2, 0.25) is 5.02 Å². The molecule has 3 aromatic rings. The molecule has 204 valence electrons. The van der Waals surface area contributed by atoms with Crippen molar-refractivity contribution in [1.82, 2.24) is 14.1 Å². The first-order valence-electron chi connectivity index (χ1n) is 12.3. The van der Waals surface area contributed by atoms with Gasteiger partial charge in [-0.3, -0.25) is 9.69 Å². The van der Waals surface area contributed by atoms with Crippen molar-refractivity contribution in [2.45, 2.75) is 24.9 Å². The van der Waals surface area contributed by atoms with Crippen molar-refractivity contribution in [2.24, 2.45) is 0 Å². The summed E-state index contributed by atoms with van der Waals surface area (Å²) >= 11 is 5.98. The second-order valence-electron chi connectivity index (χ2n) is 9.14. The Bertz CT molecular complexity index is 1310. The third kappa shape index (κ3) is 7.64. The molecule has 2 aromatic carbocycles. The molecule has 1 amide bonds. The third-order valence-electron chi connectivity index (χ3n) is 6.31. The number of halogens is 2. The van der Waals surface area contributed by atoms with E-state index in [4.69, 9.17) is 20.8 Å². The Labute approximate surface area is 227 Å². The molecule has 1 aliphatic heterocycles. The van der Waals surface area contributed by atoms with Crippen molar-refractivity contribution in [3.63, 3.8) is 0 Å². The molecule has 0 N–H and O–H groups in total. The number of ether oxygens (including phenoxy) is 1. The normalized spacial score (nSPS) is 14.6. The first-order chi connectivity index (χ1) is 18.2. The summed E-state index contributed by atoms with van der Waals surface area (Å²) in [4.78, 5) is 17.4. The molecule has 38 heavy (non-hydrogen) atoms.